The number of hydrogen-bond acceptors (Lipinski definition) is 3. The number of carbonyl (C=O) groups is 1. The molecule has 1 saturated carbocycles. The molecular formula is C18H30N2O2. The summed E-state index contributed by atoms with van der Waals surface area (Å²) >= 11 is 0. The fourth-order valence-corrected chi connectivity index (χ4v) is 3.63. The number of furan rings is 1. The molecule has 0 unspecified atom stereocenters. The van der Waals surface area contributed by atoms with E-state index in [9.17, 15) is 4.79 Å². The number of nitrogens with one attached hydrogen (secondary N) is 1. The van der Waals surface area contributed by atoms with E-state index in [2.05, 4.69) is 24.3 Å². The van der Waals surface area contributed by atoms with Crippen LogP contribution in [0.25, 0.3) is 0 Å². The predicted octanol–water partition coefficient (Wildman–Crippen LogP) is 3.59. The van der Waals surface area contributed by atoms with Crippen LogP contribution in [0.5, 0.6) is 0 Å². The minimum absolute atomic E-state index is 0.00248. The summed E-state index contributed by atoms with van der Waals surface area (Å²) in [6.45, 7) is 6.43. The Balaban J connectivity index is 2.10. The summed E-state index contributed by atoms with van der Waals surface area (Å²) in [7, 11) is 4.27. The molecule has 0 aromatic carbocycles. The number of likely N-dealkylation sites (N-methyl/N-ethyl adjacent to an activating group) is 1. The Morgan fingerprint density at radius 1 is 1.09 bits per heavy atom. The van der Waals surface area contributed by atoms with Crippen molar-refractivity contribution in [1.82, 2.24) is 10.2 Å². The van der Waals surface area contributed by atoms with Gasteiger partial charge in [0.15, 0.2) is 0 Å². The van der Waals surface area contributed by atoms with Gasteiger partial charge in [-0.3, -0.25) is 4.79 Å². The van der Waals surface area contributed by atoms with Gasteiger partial charge >= 0.3 is 0 Å². The fourth-order valence-electron chi connectivity index (χ4n) is 3.63. The largest absolute Gasteiger partial charge is 0.466 e. The molecule has 1 aliphatic carbocycles. The quantitative estimate of drug-likeness (QED) is 0.865. The average Bonchev–Trinajstić information content (AvgIpc) is 2.66. The minimum atomic E-state index is -0.00248. The predicted molar refractivity (Wildman–Crippen MR) is 89.4 cm³/mol. The molecule has 22 heavy (non-hydrogen) atoms. The van der Waals surface area contributed by atoms with Crippen LogP contribution >= 0.6 is 0 Å². The summed E-state index contributed by atoms with van der Waals surface area (Å²) in [5.74, 6) is 1.55. The molecule has 0 saturated heterocycles. The van der Waals surface area contributed by atoms with E-state index in [-0.39, 0.29) is 11.4 Å². The topological polar surface area (TPSA) is 45.5 Å². The van der Waals surface area contributed by atoms with Crippen molar-refractivity contribution in [2.45, 2.75) is 64.8 Å². The molecule has 1 aliphatic rings. The van der Waals surface area contributed by atoms with Gasteiger partial charge in [-0.05, 0) is 47.7 Å². The Kier molecular flexibility index (Phi) is 5.32. The van der Waals surface area contributed by atoms with Crippen LogP contribution in [-0.2, 0) is 0 Å². The first-order valence-electron chi connectivity index (χ1n) is 8.39. The van der Waals surface area contributed by atoms with Gasteiger partial charge in [0.25, 0.3) is 5.91 Å². The lowest BCUT2D eigenvalue weighted by atomic mass is 9.88. The number of aryl methyl sites for hydroxylation is 2. The van der Waals surface area contributed by atoms with Crippen molar-refractivity contribution in [3.8, 4) is 0 Å². The van der Waals surface area contributed by atoms with Gasteiger partial charge in [-0.2, -0.15) is 0 Å². The third-order valence-electron chi connectivity index (χ3n) is 5.35. The van der Waals surface area contributed by atoms with Crippen LogP contribution in [-0.4, -0.2) is 37.0 Å². The smallest absolute Gasteiger partial charge is 0.255 e. The number of nitrogens with zero attached hydrogens (tertiary/aromatic N) is 1. The molecule has 1 amide bonds. The van der Waals surface area contributed by atoms with Gasteiger partial charge in [-0.25, -0.2) is 0 Å². The zero-order valence-electron chi connectivity index (χ0n) is 14.7. The van der Waals surface area contributed by atoms with Gasteiger partial charge in [0.1, 0.15) is 11.5 Å². The van der Waals surface area contributed by atoms with Crippen molar-refractivity contribution in [3.05, 3.63) is 22.6 Å². The Bertz CT molecular complexity index is 523. The Morgan fingerprint density at radius 2 is 1.68 bits per heavy atom. The maximum atomic E-state index is 12.6. The second-order valence-corrected chi connectivity index (χ2v) is 6.93. The summed E-state index contributed by atoms with van der Waals surface area (Å²) in [5.41, 5.74) is 1.75. The summed E-state index contributed by atoms with van der Waals surface area (Å²) in [6, 6.07) is 0. The number of amides is 1. The van der Waals surface area contributed by atoms with E-state index in [1.165, 1.54) is 25.7 Å². The Hall–Kier alpha value is -1.29. The van der Waals surface area contributed by atoms with E-state index >= 15 is 0 Å². The van der Waals surface area contributed by atoms with Gasteiger partial charge in [0.05, 0.1) is 5.56 Å². The lowest BCUT2D eigenvalue weighted by Gasteiger charge is -2.39. The Morgan fingerprint density at radius 3 is 2.14 bits per heavy atom. The molecule has 0 radical (unpaired) electrons. The first-order chi connectivity index (χ1) is 10.4. The number of hydrogen-bond donors (Lipinski definition) is 1. The molecule has 4 nitrogen and oxygen atoms in total. The van der Waals surface area contributed by atoms with E-state index in [4.69, 9.17) is 4.42 Å². The van der Waals surface area contributed by atoms with Crippen molar-refractivity contribution in [3.63, 3.8) is 0 Å². The lowest BCUT2D eigenvalue weighted by molar-refractivity contribution is 0.0867. The second kappa shape index (κ2) is 6.86. The molecule has 2 rings (SSSR count). The summed E-state index contributed by atoms with van der Waals surface area (Å²) in [4.78, 5) is 14.9. The van der Waals surface area contributed by atoms with Crippen molar-refractivity contribution in [2.24, 2.45) is 0 Å². The molecule has 0 spiro atoms. The number of rotatable bonds is 4. The number of carbonyl (C=O) groups excluding carboxylic acids is 1. The zero-order valence-corrected chi connectivity index (χ0v) is 14.7. The van der Waals surface area contributed by atoms with Crippen LogP contribution in [0, 0.1) is 20.8 Å². The average molecular weight is 306 g/mol. The fraction of sp³-hybridized carbons (Fsp3) is 0.722. The van der Waals surface area contributed by atoms with Crippen LogP contribution < -0.4 is 5.32 Å². The third-order valence-corrected chi connectivity index (χ3v) is 5.35. The van der Waals surface area contributed by atoms with Crippen molar-refractivity contribution >= 4 is 5.91 Å². The molecule has 1 aromatic heterocycles. The normalized spacial score (nSPS) is 18.3. The highest BCUT2D eigenvalue weighted by molar-refractivity contribution is 5.96. The van der Waals surface area contributed by atoms with Crippen molar-refractivity contribution < 1.29 is 9.21 Å². The summed E-state index contributed by atoms with van der Waals surface area (Å²) < 4.78 is 5.58. The molecule has 0 atom stereocenters. The van der Waals surface area contributed by atoms with Gasteiger partial charge in [-0.15, -0.1) is 0 Å². The van der Waals surface area contributed by atoms with Crippen LogP contribution in [0.3, 0.4) is 0 Å². The van der Waals surface area contributed by atoms with E-state index < -0.39 is 0 Å². The van der Waals surface area contributed by atoms with E-state index in [1.807, 2.05) is 20.8 Å². The van der Waals surface area contributed by atoms with Gasteiger partial charge in [-0.1, -0.05) is 25.7 Å². The highest BCUT2D eigenvalue weighted by Gasteiger charge is 2.34. The molecule has 1 N–H and O–H groups in total. The van der Waals surface area contributed by atoms with Crippen LogP contribution in [0.15, 0.2) is 4.42 Å². The molecule has 1 aromatic rings. The van der Waals surface area contributed by atoms with E-state index in [0.29, 0.717) is 17.9 Å². The van der Waals surface area contributed by atoms with Crippen LogP contribution in [0.2, 0.25) is 0 Å². The van der Waals surface area contributed by atoms with Crippen LogP contribution in [0.1, 0.15) is 66.0 Å². The highest BCUT2D eigenvalue weighted by atomic mass is 16.3. The summed E-state index contributed by atoms with van der Waals surface area (Å²) in [6.07, 6.45) is 7.42. The third kappa shape index (κ3) is 3.37. The molecule has 0 aliphatic heterocycles. The SMILES string of the molecule is Cc1oc(C)c(C(=O)NCC2(N(C)C)CCCCCC2)c1C. The second-order valence-electron chi connectivity index (χ2n) is 6.93. The molecular weight excluding hydrogens is 276 g/mol. The first kappa shape index (κ1) is 17.1. The van der Waals surface area contributed by atoms with E-state index in [0.717, 1.165) is 24.2 Å². The molecule has 0 bridgehead atoms. The lowest BCUT2D eigenvalue weighted by Crippen LogP contribution is -2.52. The highest BCUT2D eigenvalue weighted by Crippen LogP contribution is 2.31. The van der Waals surface area contributed by atoms with Crippen molar-refractivity contribution in [2.75, 3.05) is 20.6 Å². The van der Waals surface area contributed by atoms with E-state index in [1.54, 1.807) is 0 Å². The molecule has 1 fully saturated rings. The van der Waals surface area contributed by atoms with Gasteiger partial charge in [0, 0.05) is 17.6 Å². The molecule has 124 valence electrons. The molecule has 4 heteroatoms. The van der Waals surface area contributed by atoms with Crippen molar-refractivity contribution in [1.29, 1.82) is 0 Å². The Labute approximate surface area is 134 Å². The standard InChI is InChI=1S/C18H30N2O2/c1-13-14(2)22-15(3)16(13)17(21)19-12-18(20(4)5)10-8-6-7-9-11-18/h6-12H2,1-5H3,(H,19,21). The monoisotopic (exact) mass is 306 g/mol. The summed E-state index contributed by atoms with van der Waals surface area (Å²) in [5, 5.41) is 3.17. The van der Waals surface area contributed by atoms with Crippen LogP contribution in [0.4, 0.5) is 0 Å². The van der Waals surface area contributed by atoms with Gasteiger partial charge in [0.2, 0.25) is 0 Å². The zero-order chi connectivity index (χ0) is 16.3. The first-order valence-corrected chi connectivity index (χ1v) is 8.39. The minimum Gasteiger partial charge on any atom is -0.466 e. The molecule has 1 heterocycles. The maximum absolute atomic E-state index is 12.6. The maximum Gasteiger partial charge on any atom is 0.255 e. The van der Waals surface area contributed by atoms with Gasteiger partial charge < -0.3 is 14.6 Å².